The van der Waals surface area contributed by atoms with E-state index < -0.39 is 0 Å². The largest absolute Gasteiger partial charge is 0.378 e. The third-order valence-corrected chi connectivity index (χ3v) is 8.18. The van der Waals surface area contributed by atoms with E-state index in [1.54, 1.807) is 24.0 Å². The van der Waals surface area contributed by atoms with Crippen LogP contribution in [0.1, 0.15) is 34.7 Å². The van der Waals surface area contributed by atoms with Crippen molar-refractivity contribution in [2.75, 3.05) is 50.6 Å². The number of aromatic nitrogens is 2. The van der Waals surface area contributed by atoms with Crippen molar-refractivity contribution in [2.24, 2.45) is 0 Å². The number of benzene rings is 2. The molecule has 4 heterocycles. The van der Waals surface area contributed by atoms with Gasteiger partial charge in [-0.15, -0.1) is 0 Å². The maximum Gasteiger partial charge on any atom is 0.325 e. The molecule has 2 N–H and O–H groups in total. The van der Waals surface area contributed by atoms with Crippen LogP contribution < -0.4 is 15.5 Å². The zero-order chi connectivity index (χ0) is 27.6. The zero-order valence-corrected chi connectivity index (χ0v) is 22.8. The van der Waals surface area contributed by atoms with Gasteiger partial charge in [0.25, 0.3) is 5.91 Å². The number of amides is 2. The third kappa shape index (κ3) is 5.17. The highest BCUT2D eigenvalue weighted by atomic mass is 16.5. The molecule has 9 heteroatoms. The quantitative estimate of drug-likeness (QED) is 0.366. The molecule has 0 saturated carbocycles. The van der Waals surface area contributed by atoms with Crippen molar-refractivity contribution in [3.05, 3.63) is 84.2 Å². The lowest BCUT2D eigenvalue weighted by Crippen LogP contribution is -2.51. The molecule has 206 valence electrons. The number of hydrogen-bond donors (Lipinski definition) is 2. The number of rotatable bonds is 6. The number of fused-ring (bicyclic) bond motifs is 1. The predicted octanol–water partition coefficient (Wildman–Crippen LogP) is 4.82. The number of hydrogen-bond acceptors (Lipinski definition) is 6. The van der Waals surface area contributed by atoms with Crippen molar-refractivity contribution in [2.45, 2.75) is 24.8 Å². The first-order valence-electron chi connectivity index (χ1n) is 13.8. The SMILES string of the molecule is CNC(=O)n1ccc2cc(N(C)c3ccnc(NC(=O)c4ccc(C5CCN(C6COC6)CC5)cc4)c3)ccc21. The minimum Gasteiger partial charge on any atom is -0.378 e. The van der Waals surface area contributed by atoms with Gasteiger partial charge >= 0.3 is 6.03 Å². The Labute approximate surface area is 233 Å². The molecule has 6 rings (SSSR count). The Balaban J connectivity index is 1.10. The van der Waals surface area contributed by atoms with Crippen molar-refractivity contribution in [3.8, 4) is 0 Å². The van der Waals surface area contributed by atoms with E-state index >= 15 is 0 Å². The minimum atomic E-state index is -0.185. The minimum absolute atomic E-state index is 0.180. The molecule has 9 nitrogen and oxygen atoms in total. The number of nitrogens with one attached hydrogen (secondary N) is 2. The zero-order valence-electron chi connectivity index (χ0n) is 22.8. The van der Waals surface area contributed by atoms with Gasteiger partial charge in [-0.1, -0.05) is 12.1 Å². The number of likely N-dealkylation sites (tertiary alicyclic amines) is 1. The molecular weight excluding hydrogens is 504 g/mol. The molecular formula is C31H34N6O3. The van der Waals surface area contributed by atoms with E-state index in [4.69, 9.17) is 4.74 Å². The highest BCUT2D eigenvalue weighted by molar-refractivity contribution is 6.04. The summed E-state index contributed by atoms with van der Waals surface area (Å²) in [6.07, 6.45) is 5.72. The van der Waals surface area contributed by atoms with Gasteiger partial charge in [-0.25, -0.2) is 9.78 Å². The lowest BCUT2D eigenvalue weighted by atomic mass is 9.88. The first-order valence-corrected chi connectivity index (χ1v) is 13.8. The molecule has 0 aliphatic carbocycles. The Bertz CT molecular complexity index is 1520. The van der Waals surface area contributed by atoms with Gasteiger partial charge < -0.3 is 20.3 Å². The average Bonchev–Trinajstić information content (AvgIpc) is 3.39. The van der Waals surface area contributed by atoms with Gasteiger partial charge in [0.15, 0.2) is 0 Å². The second-order valence-corrected chi connectivity index (χ2v) is 10.5. The second-order valence-electron chi connectivity index (χ2n) is 10.5. The van der Waals surface area contributed by atoms with Crippen molar-refractivity contribution in [3.63, 3.8) is 0 Å². The first-order chi connectivity index (χ1) is 19.5. The van der Waals surface area contributed by atoms with Crippen LogP contribution in [0.3, 0.4) is 0 Å². The van der Waals surface area contributed by atoms with E-state index in [1.807, 2.05) is 60.5 Å². The van der Waals surface area contributed by atoms with E-state index in [1.165, 1.54) is 5.56 Å². The molecule has 0 unspecified atom stereocenters. The number of ether oxygens (including phenoxy) is 1. The second kappa shape index (κ2) is 11.1. The molecule has 0 bridgehead atoms. The lowest BCUT2D eigenvalue weighted by Gasteiger charge is -2.41. The van der Waals surface area contributed by atoms with Crippen molar-refractivity contribution in [1.82, 2.24) is 19.8 Å². The molecule has 2 saturated heterocycles. The molecule has 40 heavy (non-hydrogen) atoms. The number of nitrogens with zero attached hydrogens (tertiary/aromatic N) is 4. The summed E-state index contributed by atoms with van der Waals surface area (Å²) in [4.78, 5) is 34.0. The molecule has 2 aliphatic heterocycles. The van der Waals surface area contributed by atoms with Gasteiger partial charge in [0.05, 0.1) is 24.8 Å². The van der Waals surface area contributed by atoms with Crippen LogP contribution in [0.4, 0.5) is 22.0 Å². The van der Waals surface area contributed by atoms with Crippen molar-refractivity contribution < 1.29 is 14.3 Å². The predicted molar refractivity (Wildman–Crippen MR) is 157 cm³/mol. The summed E-state index contributed by atoms with van der Waals surface area (Å²) in [5.41, 5.74) is 4.57. The van der Waals surface area contributed by atoms with E-state index in [9.17, 15) is 9.59 Å². The van der Waals surface area contributed by atoms with Gasteiger partial charge in [0.2, 0.25) is 0 Å². The Kier molecular flexibility index (Phi) is 7.23. The first kappa shape index (κ1) is 26.0. The van der Waals surface area contributed by atoms with Crippen molar-refractivity contribution in [1.29, 1.82) is 0 Å². The normalized spacial score (nSPS) is 16.4. The van der Waals surface area contributed by atoms with E-state index in [0.29, 0.717) is 23.3 Å². The topological polar surface area (TPSA) is 91.7 Å². The number of anilines is 3. The van der Waals surface area contributed by atoms with Gasteiger partial charge in [-0.2, -0.15) is 0 Å². The van der Waals surface area contributed by atoms with Crippen LogP contribution in [0.2, 0.25) is 0 Å². The van der Waals surface area contributed by atoms with E-state index in [0.717, 1.165) is 61.4 Å². The number of piperidine rings is 1. The molecule has 0 spiro atoms. The maximum absolute atomic E-state index is 13.0. The van der Waals surface area contributed by atoms with Crippen LogP contribution >= 0.6 is 0 Å². The molecule has 2 fully saturated rings. The highest BCUT2D eigenvalue weighted by Crippen LogP contribution is 2.31. The third-order valence-electron chi connectivity index (χ3n) is 8.18. The van der Waals surface area contributed by atoms with Crippen LogP contribution in [0.5, 0.6) is 0 Å². The number of carbonyl (C=O) groups is 2. The molecule has 2 aromatic carbocycles. The summed E-state index contributed by atoms with van der Waals surface area (Å²) >= 11 is 0. The molecule has 0 radical (unpaired) electrons. The Morgan fingerprint density at radius 2 is 1.73 bits per heavy atom. The summed E-state index contributed by atoms with van der Waals surface area (Å²) in [6, 6.07) is 20.0. The van der Waals surface area contributed by atoms with Crippen LogP contribution in [0.15, 0.2) is 73.1 Å². The van der Waals surface area contributed by atoms with Crippen LogP contribution in [-0.2, 0) is 4.74 Å². The average molecular weight is 539 g/mol. The van der Waals surface area contributed by atoms with Crippen LogP contribution in [0, 0.1) is 0 Å². The van der Waals surface area contributed by atoms with Crippen LogP contribution in [0.25, 0.3) is 10.9 Å². The highest BCUT2D eigenvalue weighted by Gasteiger charge is 2.30. The summed E-state index contributed by atoms with van der Waals surface area (Å²) in [5.74, 6) is 0.832. The fourth-order valence-corrected chi connectivity index (χ4v) is 5.61. The Hall–Kier alpha value is -4.21. The molecule has 2 aromatic heterocycles. The maximum atomic E-state index is 13.0. The van der Waals surface area contributed by atoms with Gasteiger partial charge in [-0.05, 0) is 79.9 Å². The smallest absolute Gasteiger partial charge is 0.325 e. The summed E-state index contributed by atoms with van der Waals surface area (Å²) in [5, 5.41) is 6.55. The van der Waals surface area contributed by atoms with Crippen LogP contribution in [-0.4, -0.2) is 72.8 Å². The van der Waals surface area contributed by atoms with E-state index in [-0.39, 0.29) is 11.9 Å². The van der Waals surface area contributed by atoms with Gasteiger partial charge in [0, 0.05) is 54.9 Å². The fourth-order valence-electron chi connectivity index (χ4n) is 5.61. The summed E-state index contributed by atoms with van der Waals surface area (Å²) in [7, 11) is 3.57. The summed E-state index contributed by atoms with van der Waals surface area (Å²) < 4.78 is 6.93. The lowest BCUT2D eigenvalue weighted by molar-refractivity contribution is -0.0712. The molecule has 4 aromatic rings. The van der Waals surface area contributed by atoms with Crippen molar-refractivity contribution >= 4 is 40.0 Å². The Morgan fingerprint density at radius 1 is 0.975 bits per heavy atom. The van der Waals surface area contributed by atoms with E-state index in [2.05, 4.69) is 32.7 Å². The number of carbonyl (C=O) groups excluding carboxylic acids is 2. The molecule has 2 aliphatic rings. The Morgan fingerprint density at radius 3 is 2.42 bits per heavy atom. The van der Waals surface area contributed by atoms with Gasteiger partial charge in [0.1, 0.15) is 5.82 Å². The standard InChI is InChI=1S/C31H34N6O3/c1-32-31(39)37-16-12-24-17-25(7-8-28(24)37)35(2)26-9-13-33-29(18-26)34-30(38)23-5-3-21(4-6-23)22-10-14-36(15-11-22)27-19-40-20-27/h3-9,12-13,16-18,22,27H,10-11,14-15,19-20H2,1-2H3,(H,32,39)(H,33,34,38). The molecule has 2 amide bonds. The number of pyridine rings is 1. The summed E-state index contributed by atoms with van der Waals surface area (Å²) in [6.45, 7) is 3.95. The molecule has 0 atom stereocenters. The van der Waals surface area contributed by atoms with Gasteiger partial charge in [-0.3, -0.25) is 14.3 Å². The fraction of sp³-hybridized carbons (Fsp3) is 0.323. The monoisotopic (exact) mass is 538 g/mol.